The molecule has 184 valence electrons. The normalized spacial score (nSPS) is 12.6. The van der Waals surface area contributed by atoms with Crippen LogP contribution in [0.4, 0.5) is 4.79 Å². The van der Waals surface area contributed by atoms with Gasteiger partial charge in [0, 0.05) is 27.9 Å². The molecule has 0 radical (unpaired) electrons. The highest BCUT2D eigenvalue weighted by molar-refractivity contribution is 7.12. The van der Waals surface area contributed by atoms with Gasteiger partial charge in [0.05, 0.1) is 7.11 Å². The Bertz CT molecular complexity index is 1090. The lowest BCUT2D eigenvalue weighted by atomic mass is 10.00. The minimum Gasteiger partial charge on any atom is -0.507 e. The minimum absolute atomic E-state index is 0.181. The van der Waals surface area contributed by atoms with Crippen molar-refractivity contribution in [3.63, 3.8) is 0 Å². The maximum absolute atomic E-state index is 12.9. The van der Waals surface area contributed by atoms with Crippen LogP contribution >= 0.6 is 11.3 Å². The summed E-state index contributed by atoms with van der Waals surface area (Å²) in [5, 5.41) is 12.9. The summed E-state index contributed by atoms with van der Waals surface area (Å²) in [5.41, 5.74) is -0.853. The molecule has 0 saturated carbocycles. The van der Waals surface area contributed by atoms with Crippen LogP contribution in [0.5, 0.6) is 5.75 Å². The summed E-state index contributed by atoms with van der Waals surface area (Å²) in [6, 6.07) is 5.36. The van der Waals surface area contributed by atoms with E-state index in [1.54, 1.807) is 30.4 Å². The summed E-state index contributed by atoms with van der Waals surface area (Å²) in [6.45, 7) is 5.64. The summed E-state index contributed by atoms with van der Waals surface area (Å²) in [4.78, 5) is 38.6. The molecular weight excluding hydrogens is 454 g/mol. The zero-order chi connectivity index (χ0) is 25.1. The van der Waals surface area contributed by atoms with Gasteiger partial charge in [0.2, 0.25) is 0 Å². The van der Waals surface area contributed by atoms with E-state index in [2.05, 4.69) is 23.0 Å². The van der Waals surface area contributed by atoms with Crippen LogP contribution in [0.3, 0.4) is 0 Å². The lowest BCUT2D eigenvalue weighted by molar-refractivity contribution is 0.102. The molecule has 0 saturated heterocycles. The van der Waals surface area contributed by atoms with E-state index in [-0.39, 0.29) is 17.2 Å². The van der Waals surface area contributed by atoms with Crippen LogP contribution in [0.2, 0.25) is 0 Å². The molecule has 0 spiro atoms. The Morgan fingerprint density at radius 3 is 2.74 bits per heavy atom. The van der Waals surface area contributed by atoms with E-state index in [1.807, 2.05) is 13.0 Å². The number of rotatable bonds is 12. The van der Waals surface area contributed by atoms with E-state index < -0.39 is 17.5 Å². The topological polar surface area (TPSA) is 106 Å². The summed E-state index contributed by atoms with van der Waals surface area (Å²) in [7, 11) is 1.28. The average molecular weight is 488 g/mol. The number of methoxy groups -OCH3 is 1. The number of hydrogen-bond acceptors (Lipinski definition) is 7. The van der Waals surface area contributed by atoms with Crippen molar-refractivity contribution in [2.75, 3.05) is 7.11 Å². The number of thiophene rings is 1. The number of Topliss-reactive ketones (excluding diaryl/α,β-unsaturated/α-hetero) is 1. The molecule has 7 nitrogen and oxygen atoms in total. The summed E-state index contributed by atoms with van der Waals surface area (Å²) < 4.78 is 9.83. The quantitative estimate of drug-likeness (QED) is 0.210. The molecule has 1 unspecified atom stereocenters. The third-order valence-electron chi connectivity index (χ3n) is 5.36. The number of ether oxygens (including phenoxy) is 1. The van der Waals surface area contributed by atoms with Gasteiger partial charge in [0.25, 0.3) is 0 Å². The second-order valence-corrected chi connectivity index (χ2v) is 9.33. The standard InChI is InChI=1S/C26H33NO6S/c1-5-6-7-11-19-12-13-20(34-19)15-18(3)24(29)23-21(28)16-22(33-25(23)30)17(2)10-8-9-14-27-26(31)32-4/h9,12-17,28H,5-8,10-11H2,1-4H3,(H,27,31)/b14-9+,18-15+. The average Bonchev–Trinajstić information content (AvgIpc) is 3.25. The highest BCUT2D eigenvalue weighted by atomic mass is 32.1. The molecule has 0 aliphatic carbocycles. The van der Waals surface area contributed by atoms with Gasteiger partial charge in [-0.1, -0.05) is 32.8 Å². The van der Waals surface area contributed by atoms with Crippen molar-refractivity contribution >= 4 is 29.3 Å². The fourth-order valence-electron chi connectivity index (χ4n) is 3.34. The first-order chi connectivity index (χ1) is 16.3. The first-order valence-corrected chi connectivity index (χ1v) is 12.3. The SMILES string of the molecule is CCCCCc1ccc(/C=C(\C)C(=O)c2c(O)cc(C(C)CC/C=C/NC(=O)OC)oc2=O)s1. The van der Waals surface area contributed by atoms with E-state index >= 15 is 0 Å². The Kier molecular flexibility index (Phi) is 10.8. The zero-order valence-electron chi connectivity index (χ0n) is 20.2. The van der Waals surface area contributed by atoms with Gasteiger partial charge in [-0.25, -0.2) is 9.59 Å². The molecule has 1 amide bonds. The Morgan fingerprint density at radius 2 is 2.06 bits per heavy atom. The van der Waals surface area contributed by atoms with Crippen molar-refractivity contribution in [3.05, 3.63) is 67.5 Å². The Labute approximate surface area is 204 Å². The Morgan fingerprint density at radius 1 is 1.29 bits per heavy atom. The molecule has 2 N–H and O–H groups in total. The molecule has 0 bridgehead atoms. The summed E-state index contributed by atoms with van der Waals surface area (Å²) >= 11 is 1.62. The van der Waals surface area contributed by atoms with E-state index in [4.69, 9.17) is 4.42 Å². The van der Waals surface area contributed by atoms with Gasteiger partial charge >= 0.3 is 11.7 Å². The van der Waals surface area contributed by atoms with Gasteiger partial charge in [-0.15, -0.1) is 11.3 Å². The molecule has 1 atom stereocenters. The zero-order valence-corrected chi connectivity index (χ0v) is 21.0. The number of alkyl carbamates (subject to hydrolysis) is 1. The molecule has 0 aromatic carbocycles. The molecule has 0 aliphatic rings. The fourth-order valence-corrected chi connectivity index (χ4v) is 4.40. The van der Waals surface area contributed by atoms with Crippen LogP contribution in [0.25, 0.3) is 6.08 Å². The highest BCUT2D eigenvalue weighted by Gasteiger charge is 2.22. The fraction of sp³-hybridized carbons (Fsp3) is 0.423. The van der Waals surface area contributed by atoms with Gasteiger partial charge in [-0.05, 0) is 56.4 Å². The summed E-state index contributed by atoms with van der Waals surface area (Å²) in [5.74, 6) is -0.821. The first-order valence-electron chi connectivity index (χ1n) is 11.4. The molecule has 2 aromatic heterocycles. The van der Waals surface area contributed by atoms with E-state index in [0.717, 1.165) is 17.7 Å². The molecule has 2 heterocycles. The van der Waals surface area contributed by atoms with Crippen molar-refractivity contribution in [1.29, 1.82) is 0 Å². The lowest BCUT2D eigenvalue weighted by Crippen LogP contribution is -2.16. The van der Waals surface area contributed by atoms with Gasteiger partial charge < -0.3 is 14.3 Å². The molecule has 34 heavy (non-hydrogen) atoms. The van der Waals surface area contributed by atoms with E-state index in [1.165, 1.54) is 37.1 Å². The van der Waals surface area contributed by atoms with Crippen LogP contribution in [-0.2, 0) is 11.2 Å². The lowest BCUT2D eigenvalue weighted by Gasteiger charge is -2.11. The van der Waals surface area contributed by atoms with Gasteiger partial charge in [0.15, 0.2) is 5.78 Å². The third-order valence-corrected chi connectivity index (χ3v) is 6.45. The van der Waals surface area contributed by atoms with E-state index in [0.29, 0.717) is 24.2 Å². The smallest absolute Gasteiger partial charge is 0.410 e. The number of aromatic hydroxyl groups is 1. The molecule has 8 heteroatoms. The van der Waals surface area contributed by atoms with Gasteiger partial charge in [-0.2, -0.15) is 0 Å². The maximum Gasteiger partial charge on any atom is 0.410 e. The van der Waals surface area contributed by atoms with Gasteiger partial charge in [0.1, 0.15) is 17.1 Å². The maximum atomic E-state index is 12.9. The first kappa shape index (κ1) is 27.1. The van der Waals surface area contributed by atoms with Crippen molar-refractivity contribution in [2.45, 2.75) is 65.2 Å². The molecule has 2 aromatic rings. The van der Waals surface area contributed by atoms with Crippen LogP contribution in [0.1, 0.15) is 84.7 Å². The van der Waals surface area contributed by atoms with Crippen LogP contribution in [0, 0.1) is 0 Å². The number of carbonyl (C=O) groups is 2. The van der Waals surface area contributed by atoms with E-state index in [9.17, 15) is 19.5 Å². The monoisotopic (exact) mass is 487 g/mol. The van der Waals surface area contributed by atoms with Crippen molar-refractivity contribution in [3.8, 4) is 5.75 Å². The number of nitrogens with one attached hydrogen (secondary N) is 1. The Balaban J connectivity index is 2.07. The second kappa shape index (κ2) is 13.5. The summed E-state index contributed by atoms with van der Waals surface area (Å²) in [6.07, 6.45) is 10.1. The number of hydrogen-bond donors (Lipinski definition) is 2. The number of amides is 1. The largest absolute Gasteiger partial charge is 0.507 e. The van der Waals surface area contributed by atoms with Crippen molar-refractivity contribution < 1.29 is 23.8 Å². The van der Waals surface area contributed by atoms with Crippen molar-refractivity contribution in [1.82, 2.24) is 5.32 Å². The minimum atomic E-state index is -0.853. The molecule has 0 fully saturated rings. The van der Waals surface area contributed by atoms with Gasteiger partial charge in [-0.3, -0.25) is 10.1 Å². The molecular formula is C26H33NO6S. The van der Waals surface area contributed by atoms with Crippen LogP contribution in [0.15, 0.2) is 45.3 Å². The number of ketones is 1. The third kappa shape index (κ3) is 8.02. The number of aryl methyl sites for hydroxylation is 1. The number of unbranched alkanes of at least 4 members (excludes halogenated alkanes) is 2. The Hall–Kier alpha value is -3.13. The molecule has 2 rings (SSSR count). The highest BCUT2D eigenvalue weighted by Crippen LogP contribution is 2.27. The second-order valence-electron chi connectivity index (χ2n) is 8.13. The van der Waals surface area contributed by atoms with Crippen LogP contribution < -0.4 is 10.9 Å². The van der Waals surface area contributed by atoms with Crippen molar-refractivity contribution in [2.24, 2.45) is 0 Å². The predicted octanol–water partition coefficient (Wildman–Crippen LogP) is 6.18. The number of allylic oxidation sites excluding steroid dienone is 2. The van der Waals surface area contributed by atoms with Crippen LogP contribution in [-0.4, -0.2) is 24.1 Å². The number of carbonyl (C=O) groups excluding carboxylic acids is 2. The molecule has 0 aliphatic heterocycles. The predicted molar refractivity (Wildman–Crippen MR) is 135 cm³/mol.